The zero-order valence-electron chi connectivity index (χ0n) is 9.06. The first-order valence-corrected chi connectivity index (χ1v) is 5.31. The number of rotatable bonds is 2. The van der Waals surface area contributed by atoms with Crippen LogP contribution >= 0.6 is 0 Å². The van der Waals surface area contributed by atoms with Crippen LogP contribution in [-0.4, -0.2) is 19.7 Å². The van der Waals surface area contributed by atoms with Crippen molar-refractivity contribution in [1.82, 2.24) is 19.7 Å². The van der Waals surface area contributed by atoms with Crippen molar-refractivity contribution in [3.05, 3.63) is 61.2 Å². The van der Waals surface area contributed by atoms with E-state index in [-0.39, 0.29) is 0 Å². The van der Waals surface area contributed by atoms with Crippen molar-refractivity contribution >= 4 is 0 Å². The van der Waals surface area contributed by atoms with Crippen molar-refractivity contribution in [2.24, 2.45) is 0 Å². The molecule has 3 rings (SSSR count). The van der Waals surface area contributed by atoms with E-state index in [0.29, 0.717) is 0 Å². The molecule has 0 unspecified atom stereocenters. The molecule has 4 heteroatoms. The van der Waals surface area contributed by atoms with E-state index in [0.717, 1.165) is 17.1 Å². The van der Waals surface area contributed by atoms with Crippen LogP contribution in [0.3, 0.4) is 0 Å². The number of benzene rings is 1. The Morgan fingerprint density at radius 2 is 1.65 bits per heavy atom. The molecule has 3 aromatic rings. The zero-order chi connectivity index (χ0) is 11.5. The predicted molar refractivity (Wildman–Crippen MR) is 64.6 cm³/mol. The molecule has 0 aliphatic rings. The largest absolute Gasteiger partial charge is 0.282 e. The van der Waals surface area contributed by atoms with Crippen LogP contribution in [0, 0.1) is 0 Å². The van der Waals surface area contributed by atoms with E-state index in [9.17, 15) is 0 Å². The normalized spacial score (nSPS) is 10.4. The summed E-state index contributed by atoms with van der Waals surface area (Å²) in [6.45, 7) is 0. The summed E-state index contributed by atoms with van der Waals surface area (Å²) in [5.74, 6) is 0.830. The second-order valence-electron chi connectivity index (χ2n) is 3.60. The van der Waals surface area contributed by atoms with Crippen LogP contribution in [0.25, 0.3) is 17.1 Å². The Kier molecular flexibility index (Phi) is 2.38. The monoisotopic (exact) mass is 222 g/mol. The molecule has 17 heavy (non-hydrogen) atoms. The minimum Gasteiger partial charge on any atom is -0.282 e. The molecule has 0 aliphatic heterocycles. The van der Waals surface area contributed by atoms with Gasteiger partial charge in [-0.25, -0.2) is 0 Å². The van der Waals surface area contributed by atoms with Crippen molar-refractivity contribution in [2.75, 3.05) is 0 Å². The van der Waals surface area contributed by atoms with Crippen molar-refractivity contribution in [1.29, 1.82) is 0 Å². The minimum atomic E-state index is 0.830. The van der Waals surface area contributed by atoms with Gasteiger partial charge in [-0.05, 0) is 12.1 Å². The lowest BCUT2D eigenvalue weighted by Gasteiger charge is -2.05. The molecule has 0 N–H and O–H groups in total. The van der Waals surface area contributed by atoms with Crippen LogP contribution < -0.4 is 0 Å². The van der Waals surface area contributed by atoms with Gasteiger partial charge in [-0.15, -0.1) is 10.2 Å². The Bertz CT molecular complexity index is 548. The maximum atomic E-state index is 4.16. The van der Waals surface area contributed by atoms with Gasteiger partial charge < -0.3 is 0 Å². The highest BCUT2D eigenvalue weighted by Crippen LogP contribution is 2.19. The first-order chi connectivity index (χ1) is 8.45. The van der Waals surface area contributed by atoms with Gasteiger partial charge in [0.25, 0.3) is 0 Å². The summed E-state index contributed by atoms with van der Waals surface area (Å²) in [4.78, 5) is 4.00. The fraction of sp³-hybridized carbons (Fsp3) is 0. The van der Waals surface area contributed by atoms with Gasteiger partial charge in [0.2, 0.25) is 0 Å². The Morgan fingerprint density at radius 3 is 2.41 bits per heavy atom. The van der Waals surface area contributed by atoms with Crippen LogP contribution in [-0.2, 0) is 0 Å². The van der Waals surface area contributed by atoms with E-state index < -0.39 is 0 Å². The molecular weight excluding hydrogens is 212 g/mol. The van der Waals surface area contributed by atoms with Gasteiger partial charge in [0, 0.05) is 18.0 Å². The van der Waals surface area contributed by atoms with E-state index in [1.807, 2.05) is 47.0 Å². The lowest BCUT2D eigenvalue weighted by molar-refractivity contribution is 1.05. The second-order valence-corrected chi connectivity index (χ2v) is 3.60. The molecule has 0 amide bonds. The lowest BCUT2D eigenvalue weighted by atomic mass is 10.2. The molecule has 2 heterocycles. The maximum Gasteiger partial charge on any atom is 0.168 e. The van der Waals surface area contributed by atoms with E-state index in [4.69, 9.17) is 0 Å². The quantitative estimate of drug-likeness (QED) is 0.668. The average molecular weight is 222 g/mol. The van der Waals surface area contributed by atoms with Crippen LogP contribution in [0.2, 0.25) is 0 Å². The lowest BCUT2D eigenvalue weighted by Crippen LogP contribution is -1.95. The first kappa shape index (κ1) is 9.72. The standard InChI is InChI=1S/C13H10N4/c1-2-4-11(5-3-1)13-16-15-10-17(13)12-6-8-14-9-7-12/h1-10H. The van der Waals surface area contributed by atoms with Crippen LogP contribution in [0.5, 0.6) is 0 Å². The molecule has 82 valence electrons. The SMILES string of the molecule is c1ccc(-c2nncn2-c2ccncc2)cc1. The van der Waals surface area contributed by atoms with E-state index in [2.05, 4.69) is 15.2 Å². The highest BCUT2D eigenvalue weighted by Gasteiger charge is 2.07. The molecule has 0 fully saturated rings. The van der Waals surface area contributed by atoms with Crippen molar-refractivity contribution in [3.8, 4) is 17.1 Å². The Labute approximate surface area is 98.6 Å². The van der Waals surface area contributed by atoms with E-state index in [1.54, 1.807) is 18.7 Å². The third-order valence-electron chi connectivity index (χ3n) is 2.52. The van der Waals surface area contributed by atoms with Crippen LogP contribution in [0.4, 0.5) is 0 Å². The molecule has 0 saturated heterocycles. The maximum absolute atomic E-state index is 4.16. The van der Waals surface area contributed by atoms with E-state index in [1.165, 1.54) is 0 Å². The topological polar surface area (TPSA) is 43.6 Å². The number of hydrogen-bond acceptors (Lipinski definition) is 3. The van der Waals surface area contributed by atoms with Gasteiger partial charge in [0.15, 0.2) is 5.82 Å². The summed E-state index contributed by atoms with van der Waals surface area (Å²) in [6.07, 6.45) is 5.21. The number of pyridine rings is 1. The molecule has 0 atom stereocenters. The Morgan fingerprint density at radius 1 is 0.882 bits per heavy atom. The third kappa shape index (κ3) is 1.80. The fourth-order valence-electron chi connectivity index (χ4n) is 1.71. The smallest absolute Gasteiger partial charge is 0.168 e. The molecule has 0 saturated carbocycles. The Balaban J connectivity index is 2.13. The zero-order valence-corrected chi connectivity index (χ0v) is 9.06. The molecule has 4 nitrogen and oxygen atoms in total. The van der Waals surface area contributed by atoms with Gasteiger partial charge in [-0.3, -0.25) is 9.55 Å². The summed E-state index contributed by atoms with van der Waals surface area (Å²) in [7, 11) is 0. The molecule has 0 spiro atoms. The summed E-state index contributed by atoms with van der Waals surface area (Å²) < 4.78 is 1.94. The number of nitrogens with zero attached hydrogens (tertiary/aromatic N) is 4. The highest BCUT2D eigenvalue weighted by molar-refractivity contribution is 5.57. The minimum absolute atomic E-state index is 0.830. The molecule has 2 aromatic heterocycles. The number of aromatic nitrogens is 4. The Hall–Kier alpha value is -2.49. The summed E-state index contributed by atoms with van der Waals surface area (Å²) in [6, 6.07) is 13.8. The summed E-state index contributed by atoms with van der Waals surface area (Å²) >= 11 is 0. The van der Waals surface area contributed by atoms with Gasteiger partial charge in [0.05, 0.1) is 5.69 Å². The molecule has 1 aromatic carbocycles. The van der Waals surface area contributed by atoms with E-state index >= 15 is 0 Å². The molecule has 0 radical (unpaired) electrons. The molecule has 0 bridgehead atoms. The van der Waals surface area contributed by atoms with Crippen molar-refractivity contribution in [3.63, 3.8) is 0 Å². The second kappa shape index (κ2) is 4.17. The fourth-order valence-corrected chi connectivity index (χ4v) is 1.71. The summed E-state index contributed by atoms with van der Waals surface area (Å²) in [5.41, 5.74) is 2.05. The molecule has 0 aliphatic carbocycles. The highest BCUT2D eigenvalue weighted by atomic mass is 15.3. The third-order valence-corrected chi connectivity index (χ3v) is 2.52. The van der Waals surface area contributed by atoms with Gasteiger partial charge in [-0.1, -0.05) is 30.3 Å². The van der Waals surface area contributed by atoms with Gasteiger partial charge in [-0.2, -0.15) is 0 Å². The van der Waals surface area contributed by atoms with Gasteiger partial charge in [0.1, 0.15) is 6.33 Å². The van der Waals surface area contributed by atoms with Crippen LogP contribution in [0.15, 0.2) is 61.2 Å². The predicted octanol–water partition coefficient (Wildman–Crippen LogP) is 2.33. The number of hydrogen-bond donors (Lipinski definition) is 0. The first-order valence-electron chi connectivity index (χ1n) is 5.31. The molecular formula is C13H10N4. The van der Waals surface area contributed by atoms with Gasteiger partial charge >= 0.3 is 0 Å². The van der Waals surface area contributed by atoms with Crippen molar-refractivity contribution < 1.29 is 0 Å². The van der Waals surface area contributed by atoms with Crippen LogP contribution in [0.1, 0.15) is 0 Å². The average Bonchev–Trinajstić information content (AvgIpc) is 2.90. The summed E-state index contributed by atoms with van der Waals surface area (Å²) in [5, 5.41) is 8.12. The van der Waals surface area contributed by atoms with Crippen molar-refractivity contribution in [2.45, 2.75) is 0 Å².